The maximum absolute atomic E-state index is 9.94. The molecule has 5 heteroatoms. The number of morpholine rings is 1. The fraction of sp³-hybridized carbons (Fsp3) is 0.917. The van der Waals surface area contributed by atoms with Crippen molar-refractivity contribution in [2.75, 3.05) is 53.0 Å². The number of rotatable bonds is 7. The van der Waals surface area contributed by atoms with E-state index in [1.807, 2.05) is 7.05 Å². The molecule has 1 unspecified atom stereocenters. The summed E-state index contributed by atoms with van der Waals surface area (Å²) in [6, 6.07) is 2.13. The highest BCUT2D eigenvalue weighted by Crippen LogP contribution is 2.00. The summed E-state index contributed by atoms with van der Waals surface area (Å²) in [5.41, 5.74) is 0. The Morgan fingerprint density at radius 3 is 2.82 bits per heavy atom. The first-order valence-corrected chi connectivity index (χ1v) is 6.26. The third kappa shape index (κ3) is 6.59. The number of nitrogens with zero attached hydrogens (tertiary/aromatic N) is 3. The SMILES string of the molecule is CN(CCCC#N)CC(O)CN1CCOCC1. The van der Waals surface area contributed by atoms with Crippen molar-refractivity contribution in [2.45, 2.75) is 18.9 Å². The largest absolute Gasteiger partial charge is 0.390 e. The molecule has 0 saturated carbocycles. The van der Waals surface area contributed by atoms with Gasteiger partial charge in [-0.15, -0.1) is 0 Å². The fourth-order valence-corrected chi connectivity index (χ4v) is 2.02. The molecule has 1 fully saturated rings. The van der Waals surface area contributed by atoms with Crippen LogP contribution in [0.4, 0.5) is 0 Å². The lowest BCUT2D eigenvalue weighted by atomic mass is 10.2. The van der Waals surface area contributed by atoms with Gasteiger partial charge in [-0.1, -0.05) is 0 Å². The molecule has 1 N–H and O–H groups in total. The highest BCUT2D eigenvalue weighted by atomic mass is 16.5. The number of likely N-dealkylation sites (N-methyl/N-ethyl adjacent to an activating group) is 1. The van der Waals surface area contributed by atoms with Crippen molar-refractivity contribution in [1.82, 2.24) is 9.80 Å². The Balaban J connectivity index is 2.10. The number of aliphatic hydroxyl groups excluding tert-OH is 1. The van der Waals surface area contributed by atoms with E-state index < -0.39 is 0 Å². The van der Waals surface area contributed by atoms with Crippen LogP contribution >= 0.6 is 0 Å². The number of unbranched alkanes of at least 4 members (excludes halogenated alkanes) is 1. The minimum absolute atomic E-state index is 0.319. The van der Waals surface area contributed by atoms with E-state index in [0.717, 1.165) is 39.3 Å². The molecular formula is C12H23N3O2. The van der Waals surface area contributed by atoms with Crippen LogP contribution in [0.15, 0.2) is 0 Å². The van der Waals surface area contributed by atoms with Gasteiger partial charge in [-0.2, -0.15) is 5.26 Å². The van der Waals surface area contributed by atoms with Crippen LogP contribution in [0, 0.1) is 11.3 Å². The van der Waals surface area contributed by atoms with Crippen LogP contribution in [0.5, 0.6) is 0 Å². The first-order valence-electron chi connectivity index (χ1n) is 6.26. The number of ether oxygens (including phenoxy) is 1. The molecule has 98 valence electrons. The zero-order valence-corrected chi connectivity index (χ0v) is 10.6. The molecule has 0 bridgehead atoms. The molecular weight excluding hydrogens is 218 g/mol. The summed E-state index contributed by atoms with van der Waals surface area (Å²) in [5, 5.41) is 18.4. The third-order valence-corrected chi connectivity index (χ3v) is 2.92. The maximum Gasteiger partial charge on any atom is 0.0793 e. The lowest BCUT2D eigenvalue weighted by Crippen LogP contribution is -2.44. The van der Waals surface area contributed by atoms with Gasteiger partial charge in [0.05, 0.1) is 25.4 Å². The van der Waals surface area contributed by atoms with Crippen molar-refractivity contribution in [3.63, 3.8) is 0 Å². The first kappa shape index (κ1) is 14.4. The molecule has 0 amide bonds. The average Bonchev–Trinajstić information content (AvgIpc) is 2.30. The summed E-state index contributed by atoms with van der Waals surface area (Å²) in [4.78, 5) is 4.32. The Bertz CT molecular complexity index is 236. The Morgan fingerprint density at radius 1 is 1.47 bits per heavy atom. The highest BCUT2D eigenvalue weighted by Gasteiger charge is 2.15. The van der Waals surface area contributed by atoms with Gasteiger partial charge in [0.1, 0.15) is 0 Å². The molecule has 1 aliphatic heterocycles. The van der Waals surface area contributed by atoms with Gasteiger partial charge in [-0.05, 0) is 20.0 Å². The quantitative estimate of drug-likeness (QED) is 0.632. The normalized spacial score (nSPS) is 19.2. The molecule has 0 aromatic carbocycles. The van der Waals surface area contributed by atoms with Gasteiger partial charge < -0.3 is 14.7 Å². The fourth-order valence-electron chi connectivity index (χ4n) is 2.02. The van der Waals surface area contributed by atoms with E-state index in [9.17, 15) is 5.11 Å². The third-order valence-electron chi connectivity index (χ3n) is 2.92. The Hall–Kier alpha value is -0.670. The topological polar surface area (TPSA) is 59.7 Å². The number of nitriles is 1. The smallest absolute Gasteiger partial charge is 0.0793 e. The molecule has 1 atom stereocenters. The molecule has 1 heterocycles. The molecule has 0 aliphatic carbocycles. The van der Waals surface area contributed by atoms with Crippen LogP contribution in [0.3, 0.4) is 0 Å². The van der Waals surface area contributed by atoms with Crippen molar-refractivity contribution in [2.24, 2.45) is 0 Å². The summed E-state index contributed by atoms with van der Waals surface area (Å²) in [5.74, 6) is 0. The average molecular weight is 241 g/mol. The summed E-state index contributed by atoms with van der Waals surface area (Å²) >= 11 is 0. The van der Waals surface area contributed by atoms with E-state index in [-0.39, 0.29) is 6.10 Å². The van der Waals surface area contributed by atoms with E-state index >= 15 is 0 Å². The van der Waals surface area contributed by atoms with Gasteiger partial charge in [0, 0.05) is 32.6 Å². The van der Waals surface area contributed by atoms with E-state index in [1.54, 1.807) is 0 Å². The van der Waals surface area contributed by atoms with Gasteiger partial charge >= 0.3 is 0 Å². The van der Waals surface area contributed by atoms with Crippen molar-refractivity contribution in [1.29, 1.82) is 5.26 Å². The van der Waals surface area contributed by atoms with Gasteiger partial charge in [-0.25, -0.2) is 0 Å². The van der Waals surface area contributed by atoms with Crippen molar-refractivity contribution in [3.8, 4) is 6.07 Å². The molecule has 5 nitrogen and oxygen atoms in total. The summed E-state index contributed by atoms with van der Waals surface area (Å²) < 4.78 is 5.26. The Labute approximate surface area is 104 Å². The van der Waals surface area contributed by atoms with E-state index in [0.29, 0.717) is 19.5 Å². The van der Waals surface area contributed by atoms with Crippen LogP contribution in [-0.4, -0.2) is 74.0 Å². The lowest BCUT2D eigenvalue weighted by molar-refractivity contribution is 0.00869. The second kappa shape index (κ2) is 8.43. The molecule has 17 heavy (non-hydrogen) atoms. The summed E-state index contributed by atoms with van der Waals surface area (Å²) in [7, 11) is 1.99. The molecule has 0 spiro atoms. The Morgan fingerprint density at radius 2 is 2.18 bits per heavy atom. The van der Waals surface area contributed by atoms with E-state index in [2.05, 4.69) is 15.9 Å². The lowest BCUT2D eigenvalue weighted by Gasteiger charge is -2.30. The van der Waals surface area contributed by atoms with Gasteiger partial charge in [0.15, 0.2) is 0 Å². The molecule has 0 radical (unpaired) electrons. The molecule has 0 aromatic heterocycles. The monoisotopic (exact) mass is 241 g/mol. The second-order valence-electron chi connectivity index (χ2n) is 4.59. The predicted octanol–water partition coefficient (Wildman–Crippen LogP) is -0.0849. The first-order chi connectivity index (χ1) is 8.22. The van der Waals surface area contributed by atoms with Crippen LogP contribution in [0.1, 0.15) is 12.8 Å². The number of hydrogen-bond donors (Lipinski definition) is 1. The van der Waals surface area contributed by atoms with Crippen molar-refractivity contribution < 1.29 is 9.84 Å². The molecule has 1 saturated heterocycles. The molecule has 1 rings (SSSR count). The summed E-state index contributed by atoms with van der Waals surface area (Å²) in [6.07, 6.45) is 1.14. The van der Waals surface area contributed by atoms with Crippen LogP contribution in [0.2, 0.25) is 0 Å². The molecule has 0 aromatic rings. The van der Waals surface area contributed by atoms with Crippen molar-refractivity contribution in [3.05, 3.63) is 0 Å². The highest BCUT2D eigenvalue weighted by molar-refractivity contribution is 4.72. The minimum atomic E-state index is -0.319. The number of hydrogen-bond acceptors (Lipinski definition) is 5. The zero-order valence-electron chi connectivity index (χ0n) is 10.6. The van der Waals surface area contributed by atoms with Crippen LogP contribution < -0.4 is 0 Å². The van der Waals surface area contributed by atoms with Crippen LogP contribution in [0.25, 0.3) is 0 Å². The molecule has 1 aliphatic rings. The Kier molecular flexibility index (Phi) is 7.13. The maximum atomic E-state index is 9.94. The predicted molar refractivity (Wildman–Crippen MR) is 65.6 cm³/mol. The summed E-state index contributed by atoms with van der Waals surface area (Å²) in [6.45, 7) is 5.61. The zero-order chi connectivity index (χ0) is 12.5. The minimum Gasteiger partial charge on any atom is -0.390 e. The van der Waals surface area contributed by atoms with E-state index in [1.165, 1.54) is 0 Å². The number of β-amino-alcohol motifs (C(OH)–C–C–N with tert-alkyl or cyclic N) is 1. The van der Waals surface area contributed by atoms with Crippen molar-refractivity contribution >= 4 is 0 Å². The van der Waals surface area contributed by atoms with E-state index in [4.69, 9.17) is 10.00 Å². The van der Waals surface area contributed by atoms with Gasteiger partial charge in [-0.3, -0.25) is 4.90 Å². The van der Waals surface area contributed by atoms with Gasteiger partial charge in [0.2, 0.25) is 0 Å². The van der Waals surface area contributed by atoms with Gasteiger partial charge in [0.25, 0.3) is 0 Å². The number of aliphatic hydroxyl groups is 1. The van der Waals surface area contributed by atoms with Crippen LogP contribution in [-0.2, 0) is 4.74 Å². The standard InChI is InChI=1S/C12H23N3O2/c1-14(5-3-2-4-13)10-12(16)11-15-6-8-17-9-7-15/h12,16H,2-3,5-11H2,1H3. The second-order valence-corrected chi connectivity index (χ2v) is 4.59.